The first-order valence-corrected chi connectivity index (χ1v) is 8.77. The lowest BCUT2D eigenvalue weighted by Crippen LogP contribution is -2.52. The minimum Gasteiger partial charge on any atom is -0.353 e. The van der Waals surface area contributed by atoms with Crippen molar-refractivity contribution in [3.05, 3.63) is 36.3 Å². The lowest BCUT2D eigenvalue weighted by molar-refractivity contribution is 0.195. The summed E-state index contributed by atoms with van der Waals surface area (Å²) in [6.07, 6.45) is 4.36. The molecule has 0 saturated carbocycles. The van der Waals surface area contributed by atoms with Gasteiger partial charge in [-0.25, -0.2) is 14.8 Å². The first-order chi connectivity index (χ1) is 12.2. The van der Waals surface area contributed by atoms with E-state index in [0.717, 1.165) is 42.4 Å². The van der Waals surface area contributed by atoms with Gasteiger partial charge in [-0.1, -0.05) is 6.92 Å². The molecule has 0 spiro atoms. The molecular formula is C18H24N6O. The van der Waals surface area contributed by atoms with Gasteiger partial charge in [0.25, 0.3) is 0 Å². The molecule has 0 radical (unpaired) electrons. The monoisotopic (exact) mass is 340 g/mol. The minimum absolute atomic E-state index is 0.0107. The van der Waals surface area contributed by atoms with Crippen molar-refractivity contribution in [1.29, 1.82) is 0 Å². The van der Waals surface area contributed by atoms with Gasteiger partial charge >= 0.3 is 6.03 Å². The van der Waals surface area contributed by atoms with Crippen molar-refractivity contribution in [3.63, 3.8) is 0 Å². The normalized spacial score (nSPS) is 14.5. The number of nitrogens with one attached hydrogen (secondary N) is 1. The standard InChI is InChI=1S/C18H24N6O/c1-3-15-13-16(22-17(21-15)14-5-7-19-8-6-14)23-9-11-24(12-10-23)18(25)20-4-2/h5-8,13H,3-4,9-12H2,1-2H3,(H,20,25). The number of piperazine rings is 1. The van der Waals surface area contributed by atoms with Crippen LogP contribution in [0.25, 0.3) is 11.4 Å². The van der Waals surface area contributed by atoms with Gasteiger partial charge in [0.05, 0.1) is 0 Å². The fourth-order valence-electron chi connectivity index (χ4n) is 2.86. The molecule has 0 bridgehead atoms. The number of urea groups is 1. The van der Waals surface area contributed by atoms with E-state index in [1.807, 2.05) is 30.0 Å². The van der Waals surface area contributed by atoms with Gasteiger partial charge in [0.2, 0.25) is 0 Å². The van der Waals surface area contributed by atoms with E-state index < -0.39 is 0 Å². The second-order valence-electron chi connectivity index (χ2n) is 5.94. The van der Waals surface area contributed by atoms with Crippen LogP contribution in [-0.2, 0) is 6.42 Å². The maximum atomic E-state index is 11.9. The minimum atomic E-state index is 0.0107. The number of anilines is 1. The van der Waals surface area contributed by atoms with E-state index >= 15 is 0 Å². The number of hydrogen-bond acceptors (Lipinski definition) is 5. The van der Waals surface area contributed by atoms with Gasteiger partial charge in [-0.15, -0.1) is 0 Å². The number of carbonyl (C=O) groups excluding carboxylic acids is 1. The molecule has 1 fully saturated rings. The molecule has 2 aromatic heterocycles. The lowest BCUT2D eigenvalue weighted by atomic mass is 10.2. The number of aryl methyl sites for hydroxylation is 1. The highest BCUT2D eigenvalue weighted by Gasteiger charge is 2.22. The predicted molar refractivity (Wildman–Crippen MR) is 97.5 cm³/mol. The van der Waals surface area contributed by atoms with Crippen LogP contribution >= 0.6 is 0 Å². The molecule has 0 aliphatic carbocycles. The fourth-order valence-corrected chi connectivity index (χ4v) is 2.86. The molecule has 2 aromatic rings. The summed E-state index contributed by atoms with van der Waals surface area (Å²) in [5, 5.41) is 2.86. The summed E-state index contributed by atoms with van der Waals surface area (Å²) in [6, 6.07) is 5.90. The smallest absolute Gasteiger partial charge is 0.317 e. The molecule has 1 saturated heterocycles. The summed E-state index contributed by atoms with van der Waals surface area (Å²) in [4.78, 5) is 29.5. The van der Waals surface area contributed by atoms with Crippen LogP contribution in [0, 0.1) is 0 Å². The van der Waals surface area contributed by atoms with E-state index in [-0.39, 0.29) is 6.03 Å². The first kappa shape index (κ1) is 17.1. The molecule has 7 nitrogen and oxygen atoms in total. The van der Waals surface area contributed by atoms with E-state index in [2.05, 4.69) is 27.1 Å². The zero-order valence-electron chi connectivity index (χ0n) is 14.8. The highest BCUT2D eigenvalue weighted by Crippen LogP contribution is 2.21. The van der Waals surface area contributed by atoms with Crippen molar-refractivity contribution < 1.29 is 4.79 Å². The zero-order chi connectivity index (χ0) is 17.6. The summed E-state index contributed by atoms with van der Waals surface area (Å²) in [5.74, 6) is 1.65. The highest BCUT2D eigenvalue weighted by molar-refractivity contribution is 5.74. The van der Waals surface area contributed by atoms with Gasteiger partial charge < -0.3 is 15.1 Å². The van der Waals surface area contributed by atoms with Crippen LogP contribution in [-0.4, -0.2) is 58.6 Å². The summed E-state index contributed by atoms with van der Waals surface area (Å²) in [7, 11) is 0. The maximum Gasteiger partial charge on any atom is 0.317 e. The van der Waals surface area contributed by atoms with Crippen LogP contribution in [0.15, 0.2) is 30.6 Å². The third-order valence-corrected chi connectivity index (χ3v) is 4.29. The molecule has 0 atom stereocenters. The molecule has 0 unspecified atom stereocenters. The van der Waals surface area contributed by atoms with Crippen molar-refractivity contribution in [2.24, 2.45) is 0 Å². The van der Waals surface area contributed by atoms with Crippen molar-refractivity contribution in [2.45, 2.75) is 20.3 Å². The van der Waals surface area contributed by atoms with E-state index in [9.17, 15) is 4.79 Å². The van der Waals surface area contributed by atoms with Crippen LogP contribution in [0.3, 0.4) is 0 Å². The number of amides is 2. The molecule has 0 aromatic carbocycles. The number of pyridine rings is 1. The number of aromatic nitrogens is 3. The van der Waals surface area contributed by atoms with Crippen molar-refractivity contribution >= 4 is 11.8 Å². The predicted octanol–water partition coefficient (Wildman–Crippen LogP) is 1.95. The van der Waals surface area contributed by atoms with Gasteiger partial charge in [-0.3, -0.25) is 4.98 Å². The topological polar surface area (TPSA) is 74.2 Å². The van der Waals surface area contributed by atoms with Gasteiger partial charge in [-0.05, 0) is 25.5 Å². The molecule has 132 valence electrons. The second kappa shape index (κ2) is 7.92. The molecular weight excluding hydrogens is 316 g/mol. The van der Waals surface area contributed by atoms with Crippen LogP contribution in [0.4, 0.5) is 10.6 Å². The van der Waals surface area contributed by atoms with Gasteiger partial charge in [0, 0.05) is 62.4 Å². The summed E-state index contributed by atoms with van der Waals surface area (Å²) in [5.41, 5.74) is 1.98. The van der Waals surface area contributed by atoms with E-state index in [1.165, 1.54) is 0 Å². The quantitative estimate of drug-likeness (QED) is 0.921. The number of carbonyl (C=O) groups is 1. The average Bonchev–Trinajstić information content (AvgIpc) is 2.68. The van der Waals surface area contributed by atoms with E-state index in [4.69, 9.17) is 4.98 Å². The Bertz CT molecular complexity index is 713. The third kappa shape index (κ3) is 4.04. The largest absolute Gasteiger partial charge is 0.353 e. The number of hydrogen-bond donors (Lipinski definition) is 1. The van der Waals surface area contributed by atoms with E-state index in [0.29, 0.717) is 19.6 Å². The Labute approximate surface area is 148 Å². The zero-order valence-corrected chi connectivity index (χ0v) is 14.8. The Morgan fingerprint density at radius 1 is 1.12 bits per heavy atom. The lowest BCUT2D eigenvalue weighted by Gasteiger charge is -2.35. The molecule has 7 heteroatoms. The van der Waals surface area contributed by atoms with Crippen LogP contribution in [0.1, 0.15) is 19.5 Å². The first-order valence-electron chi connectivity index (χ1n) is 8.77. The Hall–Kier alpha value is -2.70. The fraction of sp³-hybridized carbons (Fsp3) is 0.444. The second-order valence-corrected chi connectivity index (χ2v) is 5.94. The van der Waals surface area contributed by atoms with Crippen molar-refractivity contribution in [3.8, 4) is 11.4 Å². The summed E-state index contributed by atoms with van der Waals surface area (Å²) >= 11 is 0. The number of rotatable bonds is 4. The molecule has 2 amide bonds. The van der Waals surface area contributed by atoms with E-state index in [1.54, 1.807) is 12.4 Å². The maximum absolute atomic E-state index is 11.9. The Morgan fingerprint density at radius 2 is 1.84 bits per heavy atom. The Morgan fingerprint density at radius 3 is 2.48 bits per heavy atom. The summed E-state index contributed by atoms with van der Waals surface area (Å²) in [6.45, 7) is 7.61. The van der Waals surface area contributed by atoms with Crippen LogP contribution < -0.4 is 10.2 Å². The molecule has 25 heavy (non-hydrogen) atoms. The molecule has 1 aliphatic rings. The SMILES string of the molecule is CCNC(=O)N1CCN(c2cc(CC)nc(-c3ccncc3)n2)CC1. The molecule has 1 aliphatic heterocycles. The third-order valence-electron chi connectivity index (χ3n) is 4.29. The summed E-state index contributed by atoms with van der Waals surface area (Å²) < 4.78 is 0. The Balaban J connectivity index is 1.78. The molecule has 3 rings (SSSR count). The van der Waals surface area contributed by atoms with Crippen molar-refractivity contribution in [2.75, 3.05) is 37.6 Å². The van der Waals surface area contributed by atoms with Crippen LogP contribution in [0.2, 0.25) is 0 Å². The number of nitrogens with zero attached hydrogens (tertiary/aromatic N) is 5. The molecule has 1 N–H and O–H groups in total. The van der Waals surface area contributed by atoms with Gasteiger partial charge in [0.15, 0.2) is 5.82 Å². The van der Waals surface area contributed by atoms with Crippen molar-refractivity contribution in [1.82, 2.24) is 25.2 Å². The van der Waals surface area contributed by atoms with Crippen LogP contribution in [0.5, 0.6) is 0 Å². The Kier molecular flexibility index (Phi) is 5.42. The molecule has 3 heterocycles. The van der Waals surface area contributed by atoms with Gasteiger partial charge in [0.1, 0.15) is 5.82 Å². The average molecular weight is 340 g/mol. The highest BCUT2D eigenvalue weighted by atomic mass is 16.2. The van der Waals surface area contributed by atoms with Gasteiger partial charge in [-0.2, -0.15) is 0 Å².